The van der Waals surface area contributed by atoms with E-state index >= 15 is 0 Å². The summed E-state index contributed by atoms with van der Waals surface area (Å²) in [6, 6.07) is 5.50. The zero-order valence-electron chi connectivity index (χ0n) is 14.2. The minimum Gasteiger partial charge on any atom is -0.397 e. The molecule has 0 radical (unpaired) electrons. The Labute approximate surface area is 157 Å². The highest BCUT2D eigenvalue weighted by atomic mass is 35.5. The molecule has 0 spiro atoms. The fourth-order valence-electron chi connectivity index (χ4n) is 2.80. The second kappa shape index (κ2) is 7.27. The fraction of sp³-hybridized carbons (Fsp3) is 0.412. The van der Waals surface area contributed by atoms with Crippen LogP contribution in [0, 0.1) is 5.41 Å². The molecule has 1 aliphatic rings. The van der Waals surface area contributed by atoms with E-state index < -0.39 is 0 Å². The lowest BCUT2D eigenvalue weighted by atomic mass is 9.80. The van der Waals surface area contributed by atoms with Gasteiger partial charge >= 0.3 is 0 Å². The Morgan fingerprint density at radius 3 is 2.64 bits per heavy atom. The maximum atomic E-state index is 6.24. The molecule has 1 aliphatic heterocycles. The van der Waals surface area contributed by atoms with Crippen LogP contribution in [0.25, 0.3) is 0 Å². The molecule has 0 atom stereocenters. The van der Waals surface area contributed by atoms with Crippen molar-refractivity contribution in [1.82, 2.24) is 9.97 Å². The van der Waals surface area contributed by atoms with Gasteiger partial charge in [-0.1, -0.05) is 36.4 Å². The molecule has 134 valence electrons. The van der Waals surface area contributed by atoms with Crippen molar-refractivity contribution in [2.24, 2.45) is 11.1 Å². The summed E-state index contributed by atoms with van der Waals surface area (Å²) in [5.41, 5.74) is 18.6. The average molecular weight is 379 g/mol. The molecule has 1 aromatic carbocycles. The van der Waals surface area contributed by atoms with Crippen molar-refractivity contribution in [3.05, 3.63) is 29.4 Å². The first-order chi connectivity index (χ1) is 11.9. The van der Waals surface area contributed by atoms with E-state index in [4.69, 9.17) is 28.8 Å². The average Bonchev–Trinajstić information content (AvgIpc) is 2.61. The Bertz CT molecular complexity index is 761. The van der Waals surface area contributed by atoms with Gasteiger partial charge in [-0.25, -0.2) is 9.97 Å². The highest BCUT2D eigenvalue weighted by Gasteiger charge is 2.29. The molecule has 0 aliphatic carbocycles. The van der Waals surface area contributed by atoms with E-state index in [0.717, 1.165) is 36.6 Å². The van der Waals surface area contributed by atoms with Gasteiger partial charge in [0.1, 0.15) is 10.8 Å². The summed E-state index contributed by atoms with van der Waals surface area (Å²) in [7, 11) is 0. The molecule has 1 saturated heterocycles. The lowest BCUT2D eigenvalue weighted by Crippen LogP contribution is -2.42. The second-order valence-corrected chi connectivity index (χ2v) is 8.09. The molecule has 2 aromatic rings. The minimum absolute atomic E-state index is 0.218. The van der Waals surface area contributed by atoms with Crippen LogP contribution in [0.15, 0.2) is 34.3 Å². The van der Waals surface area contributed by atoms with E-state index in [-0.39, 0.29) is 5.41 Å². The lowest BCUT2D eigenvalue weighted by molar-refractivity contribution is 0.258. The molecule has 3 rings (SSSR count). The quantitative estimate of drug-likeness (QED) is 0.702. The number of aromatic nitrogens is 2. The van der Waals surface area contributed by atoms with Crippen molar-refractivity contribution in [1.29, 1.82) is 0 Å². The van der Waals surface area contributed by atoms with Gasteiger partial charge in [0.05, 0.1) is 16.9 Å². The number of nitrogen functional groups attached to an aromatic ring is 2. The van der Waals surface area contributed by atoms with Crippen LogP contribution >= 0.6 is 23.4 Å². The number of nitrogens with two attached hydrogens (primary N) is 3. The van der Waals surface area contributed by atoms with Crippen LogP contribution < -0.4 is 22.1 Å². The van der Waals surface area contributed by atoms with Crippen molar-refractivity contribution in [2.45, 2.75) is 29.7 Å². The van der Waals surface area contributed by atoms with Crippen LogP contribution in [0.5, 0.6) is 0 Å². The summed E-state index contributed by atoms with van der Waals surface area (Å²) in [5, 5.41) is 1.13. The smallest absolute Gasteiger partial charge is 0.158 e. The lowest BCUT2D eigenvalue weighted by Gasteiger charge is -2.39. The van der Waals surface area contributed by atoms with Crippen LogP contribution in [0.3, 0.4) is 0 Å². The topological polar surface area (TPSA) is 107 Å². The molecule has 0 saturated carbocycles. The second-order valence-electron chi connectivity index (χ2n) is 6.68. The number of hydrogen-bond donors (Lipinski definition) is 3. The first-order valence-corrected chi connectivity index (χ1v) is 9.41. The van der Waals surface area contributed by atoms with Crippen molar-refractivity contribution in [3.63, 3.8) is 0 Å². The highest BCUT2D eigenvalue weighted by molar-refractivity contribution is 7.99. The van der Waals surface area contributed by atoms with Gasteiger partial charge in [-0.2, -0.15) is 0 Å². The predicted octanol–water partition coefficient (Wildman–Crippen LogP) is 3.01. The Morgan fingerprint density at radius 1 is 1.28 bits per heavy atom. The van der Waals surface area contributed by atoms with Gasteiger partial charge in [-0.3, -0.25) is 0 Å². The van der Waals surface area contributed by atoms with E-state index in [9.17, 15) is 0 Å². The number of rotatable bonds is 4. The van der Waals surface area contributed by atoms with Crippen LogP contribution in [-0.2, 0) is 0 Å². The standard InChI is InChI=1S/C17H23ClN6S/c1-17(10-19)5-7-24(8-6-17)13-9-22-16(15(21)23-13)25-12-4-2-3-11(20)14(12)18/h2-4,9H,5-8,10,19-20H2,1H3,(H2,21,23). The monoisotopic (exact) mass is 378 g/mol. The number of hydrogen-bond acceptors (Lipinski definition) is 7. The fourth-order valence-corrected chi connectivity index (χ4v) is 3.86. The van der Waals surface area contributed by atoms with Gasteiger partial charge in [0.2, 0.25) is 0 Å². The van der Waals surface area contributed by atoms with E-state index in [0.29, 0.717) is 28.1 Å². The summed E-state index contributed by atoms with van der Waals surface area (Å²) in [6.07, 6.45) is 3.85. The third-order valence-electron chi connectivity index (χ3n) is 4.74. The number of benzene rings is 1. The molecule has 6 N–H and O–H groups in total. The summed E-state index contributed by atoms with van der Waals surface area (Å²) in [5.74, 6) is 1.20. The van der Waals surface area contributed by atoms with Crippen LogP contribution in [0.1, 0.15) is 19.8 Å². The molecule has 1 fully saturated rings. The third kappa shape index (κ3) is 3.94. The highest BCUT2D eigenvalue weighted by Crippen LogP contribution is 2.38. The van der Waals surface area contributed by atoms with Gasteiger partial charge in [-0.05, 0) is 36.9 Å². The van der Waals surface area contributed by atoms with Gasteiger partial charge in [0, 0.05) is 18.0 Å². The summed E-state index contributed by atoms with van der Waals surface area (Å²) >= 11 is 7.60. The van der Waals surface area contributed by atoms with E-state index in [1.54, 1.807) is 12.3 Å². The van der Waals surface area contributed by atoms with Crippen molar-refractivity contribution < 1.29 is 0 Å². The summed E-state index contributed by atoms with van der Waals surface area (Å²) in [4.78, 5) is 12.0. The van der Waals surface area contributed by atoms with E-state index in [2.05, 4.69) is 21.8 Å². The summed E-state index contributed by atoms with van der Waals surface area (Å²) in [6.45, 7) is 4.77. The van der Waals surface area contributed by atoms with Crippen LogP contribution in [-0.4, -0.2) is 29.6 Å². The maximum absolute atomic E-state index is 6.24. The van der Waals surface area contributed by atoms with E-state index in [1.807, 2.05) is 12.1 Å². The SMILES string of the molecule is CC1(CN)CCN(c2cnc(Sc3cccc(N)c3Cl)c(N)n2)CC1. The third-order valence-corrected chi connectivity index (χ3v) is 6.34. The Kier molecular flexibility index (Phi) is 5.27. The number of nitrogens with zero attached hydrogens (tertiary/aromatic N) is 3. The first kappa shape index (κ1) is 18.1. The van der Waals surface area contributed by atoms with Crippen LogP contribution in [0.2, 0.25) is 5.02 Å². The zero-order valence-corrected chi connectivity index (χ0v) is 15.8. The Hall–Kier alpha value is -1.70. The number of halogens is 1. The maximum Gasteiger partial charge on any atom is 0.158 e. The van der Waals surface area contributed by atoms with Gasteiger partial charge < -0.3 is 22.1 Å². The van der Waals surface area contributed by atoms with Crippen LogP contribution in [0.4, 0.5) is 17.3 Å². The molecule has 2 heterocycles. The van der Waals surface area contributed by atoms with E-state index in [1.165, 1.54) is 11.8 Å². The molecule has 6 nitrogen and oxygen atoms in total. The normalized spacial score (nSPS) is 16.8. The molecule has 0 unspecified atom stereocenters. The number of anilines is 3. The van der Waals surface area contributed by atoms with Gasteiger partial charge in [0.15, 0.2) is 5.82 Å². The molecule has 0 amide bonds. The zero-order chi connectivity index (χ0) is 18.0. The molecule has 8 heteroatoms. The Balaban J connectivity index is 1.74. The minimum atomic E-state index is 0.218. The van der Waals surface area contributed by atoms with Crippen molar-refractivity contribution in [2.75, 3.05) is 36.0 Å². The Morgan fingerprint density at radius 2 is 2.00 bits per heavy atom. The molecular weight excluding hydrogens is 356 g/mol. The number of piperidine rings is 1. The predicted molar refractivity (Wildman–Crippen MR) is 105 cm³/mol. The van der Waals surface area contributed by atoms with Crippen molar-refractivity contribution in [3.8, 4) is 0 Å². The first-order valence-electron chi connectivity index (χ1n) is 8.21. The molecular formula is C17H23ClN6S. The molecule has 1 aromatic heterocycles. The van der Waals surface area contributed by atoms with Gasteiger partial charge in [0.25, 0.3) is 0 Å². The molecule has 25 heavy (non-hydrogen) atoms. The largest absolute Gasteiger partial charge is 0.397 e. The molecule has 0 bridgehead atoms. The van der Waals surface area contributed by atoms with Gasteiger partial charge in [-0.15, -0.1) is 0 Å². The van der Waals surface area contributed by atoms with Crippen molar-refractivity contribution >= 4 is 40.7 Å². The summed E-state index contributed by atoms with van der Waals surface area (Å²) < 4.78 is 0.